The molecule has 0 amide bonds. The third-order valence-corrected chi connectivity index (χ3v) is 4.82. The SMILES string of the molecule is Cl.Cl.N#CC1=C(C2CCNCC2)Nc2[nH]ncc2C1c1ccccc1. The maximum atomic E-state index is 9.89. The average Bonchev–Trinajstić information content (AvgIpc) is 3.09. The van der Waals surface area contributed by atoms with Gasteiger partial charge in [0.15, 0.2) is 0 Å². The van der Waals surface area contributed by atoms with E-state index in [9.17, 15) is 5.26 Å². The minimum absolute atomic E-state index is 0. The topological polar surface area (TPSA) is 76.5 Å². The number of H-pyrrole nitrogens is 1. The molecule has 1 atom stereocenters. The summed E-state index contributed by atoms with van der Waals surface area (Å²) < 4.78 is 0. The molecule has 132 valence electrons. The lowest BCUT2D eigenvalue weighted by Gasteiger charge is -2.32. The molecule has 1 aromatic heterocycles. The van der Waals surface area contributed by atoms with Gasteiger partial charge in [-0.3, -0.25) is 5.10 Å². The molecule has 2 aromatic rings. The van der Waals surface area contributed by atoms with Crippen molar-refractivity contribution in [2.45, 2.75) is 18.8 Å². The first-order chi connectivity index (χ1) is 11.4. The summed E-state index contributed by atoms with van der Waals surface area (Å²) in [5.74, 6) is 1.28. The number of nitriles is 1. The number of anilines is 1. The zero-order chi connectivity index (χ0) is 15.6. The Balaban J connectivity index is 0.00000113. The zero-order valence-electron chi connectivity index (χ0n) is 13.7. The Kier molecular flexibility index (Phi) is 6.49. The number of halogens is 2. The fraction of sp³-hybridized carbons (Fsp3) is 0.333. The zero-order valence-corrected chi connectivity index (χ0v) is 15.3. The molecule has 2 aliphatic heterocycles. The summed E-state index contributed by atoms with van der Waals surface area (Å²) in [5.41, 5.74) is 4.08. The average molecular weight is 378 g/mol. The van der Waals surface area contributed by atoms with Crippen molar-refractivity contribution >= 4 is 30.6 Å². The number of aromatic nitrogens is 2. The van der Waals surface area contributed by atoms with Crippen molar-refractivity contribution in [1.82, 2.24) is 15.5 Å². The van der Waals surface area contributed by atoms with E-state index in [1.807, 2.05) is 24.4 Å². The Labute approximate surface area is 159 Å². The van der Waals surface area contributed by atoms with Gasteiger partial charge in [-0.25, -0.2) is 0 Å². The molecule has 5 nitrogen and oxygen atoms in total. The first-order valence-corrected chi connectivity index (χ1v) is 8.08. The van der Waals surface area contributed by atoms with Gasteiger partial charge in [-0.1, -0.05) is 30.3 Å². The fourth-order valence-electron chi connectivity index (χ4n) is 3.68. The number of hydrogen-bond donors (Lipinski definition) is 3. The molecule has 0 aliphatic carbocycles. The van der Waals surface area contributed by atoms with Crippen molar-refractivity contribution in [2.75, 3.05) is 18.4 Å². The molecule has 0 spiro atoms. The van der Waals surface area contributed by atoms with E-state index >= 15 is 0 Å². The lowest BCUT2D eigenvalue weighted by atomic mass is 9.79. The van der Waals surface area contributed by atoms with Crippen LogP contribution in [0.4, 0.5) is 5.82 Å². The van der Waals surface area contributed by atoms with Gasteiger partial charge >= 0.3 is 0 Å². The number of aromatic amines is 1. The second kappa shape index (κ2) is 8.39. The summed E-state index contributed by atoms with van der Waals surface area (Å²) >= 11 is 0. The van der Waals surface area contributed by atoms with E-state index in [-0.39, 0.29) is 30.7 Å². The largest absolute Gasteiger partial charge is 0.343 e. The molecule has 0 saturated carbocycles. The number of allylic oxidation sites excluding steroid dienone is 2. The van der Waals surface area contributed by atoms with E-state index in [2.05, 4.69) is 39.0 Å². The van der Waals surface area contributed by atoms with Crippen LogP contribution in [0.3, 0.4) is 0 Å². The van der Waals surface area contributed by atoms with Gasteiger partial charge in [-0.05, 0) is 31.5 Å². The third kappa shape index (κ3) is 3.52. The Bertz CT molecular complexity index is 772. The number of rotatable bonds is 2. The Morgan fingerprint density at radius 2 is 1.80 bits per heavy atom. The normalized spacial score (nSPS) is 19.7. The third-order valence-electron chi connectivity index (χ3n) is 4.82. The maximum absolute atomic E-state index is 9.89. The van der Waals surface area contributed by atoms with Crippen molar-refractivity contribution in [3.8, 4) is 6.07 Å². The van der Waals surface area contributed by atoms with E-state index in [1.54, 1.807) is 0 Å². The highest BCUT2D eigenvalue weighted by Gasteiger charge is 2.34. The number of benzene rings is 1. The molecule has 1 fully saturated rings. The molecule has 1 unspecified atom stereocenters. The Morgan fingerprint density at radius 1 is 1.08 bits per heavy atom. The molecular formula is C18H21Cl2N5. The van der Waals surface area contributed by atoms with Crippen LogP contribution in [0, 0.1) is 17.2 Å². The van der Waals surface area contributed by atoms with Crippen molar-refractivity contribution < 1.29 is 0 Å². The van der Waals surface area contributed by atoms with Crippen LogP contribution in [-0.4, -0.2) is 23.3 Å². The van der Waals surface area contributed by atoms with Gasteiger partial charge in [-0.2, -0.15) is 10.4 Å². The van der Waals surface area contributed by atoms with Crippen LogP contribution in [0.5, 0.6) is 0 Å². The van der Waals surface area contributed by atoms with Gasteiger partial charge in [0.05, 0.1) is 23.8 Å². The first-order valence-electron chi connectivity index (χ1n) is 8.08. The van der Waals surface area contributed by atoms with E-state index < -0.39 is 0 Å². The fourth-order valence-corrected chi connectivity index (χ4v) is 3.68. The second-order valence-electron chi connectivity index (χ2n) is 6.13. The second-order valence-corrected chi connectivity index (χ2v) is 6.13. The number of hydrogen-bond acceptors (Lipinski definition) is 4. The minimum atomic E-state index is -0.0407. The highest BCUT2D eigenvalue weighted by atomic mass is 35.5. The van der Waals surface area contributed by atoms with Crippen LogP contribution in [0.15, 0.2) is 47.8 Å². The van der Waals surface area contributed by atoms with Crippen LogP contribution in [-0.2, 0) is 0 Å². The molecule has 0 radical (unpaired) electrons. The lowest BCUT2D eigenvalue weighted by molar-refractivity contribution is 0.418. The number of piperidine rings is 1. The standard InChI is InChI=1S/C18H19N5.2ClH/c19-10-14-16(12-4-2-1-3-5-12)15-11-21-23-18(15)22-17(14)13-6-8-20-9-7-13;;/h1-5,11,13,16,20H,6-9H2,(H2,21,22,23);2*1H. The summed E-state index contributed by atoms with van der Waals surface area (Å²) in [7, 11) is 0. The van der Waals surface area contributed by atoms with Gasteiger partial charge in [0.2, 0.25) is 0 Å². The number of nitrogens with one attached hydrogen (secondary N) is 3. The van der Waals surface area contributed by atoms with Crippen molar-refractivity contribution in [3.05, 3.63) is 58.9 Å². The van der Waals surface area contributed by atoms with Crippen LogP contribution in [0.2, 0.25) is 0 Å². The molecular weight excluding hydrogens is 357 g/mol. The van der Waals surface area contributed by atoms with Crippen LogP contribution in [0.1, 0.15) is 29.9 Å². The van der Waals surface area contributed by atoms with E-state index in [1.165, 1.54) is 0 Å². The summed E-state index contributed by atoms with van der Waals surface area (Å²) in [6, 6.07) is 12.7. The minimum Gasteiger partial charge on any atom is -0.343 e. The predicted molar refractivity (Wildman–Crippen MR) is 103 cm³/mol. The molecule has 3 N–H and O–H groups in total. The summed E-state index contributed by atoms with van der Waals surface area (Å²) in [6.07, 6.45) is 3.94. The summed E-state index contributed by atoms with van der Waals surface area (Å²) in [5, 5.41) is 24.0. The highest BCUT2D eigenvalue weighted by molar-refractivity contribution is 5.85. The van der Waals surface area contributed by atoms with Crippen LogP contribution in [0.25, 0.3) is 0 Å². The predicted octanol–water partition coefficient (Wildman–Crippen LogP) is 3.59. The number of nitrogens with zero attached hydrogens (tertiary/aromatic N) is 2. The smallest absolute Gasteiger partial charge is 0.129 e. The monoisotopic (exact) mass is 377 g/mol. The van der Waals surface area contributed by atoms with Gasteiger partial charge in [0.25, 0.3) is 0 Å². The van der Waals surface area contributed by atoms with Gasteiger partial charge in [0, 0.05) is 17.2 Å². The van der Waals surface area contributed by atoms with Crippen molar-refractivity contribution in [1.29, 1.82) is 5.26 Å². The molecule has 4 rings (SSSR count). The first kappa shape index (κ1) is 19.3. The summed E-state index contributed by atoms with van der Waals surface area (Å²) in [4.78, 5) is 0. The maximum Gasteiger partial charge on any atom is 0.129 e. The molecule has 3 heterocycles. The molecule has 25 heavy (non-hydrogen) atoms. The van der Waals surface area contributed by atoms with Gasteiger partial charge in [-0.15, -0.1) is 24.8 Å². The Morgan fingerprint density at radius 3 is 2.48 bits per heavy atom. The van der Waals surface area contributed by atoms with Crippen LogP contribution >= 0.6 is 24.8 Å². The summed E-state index contributed by atoms with van der Waals surface area (Å²) in [6.45, 7) is 2.00. The molecule has 2 aliphatic rings. The van der Waals surface area contributed by atoms with Gasteiger partial charge < -0.3 is 10.6 Å². The van der Waals surface area contributed by atoms with Crippen molar-refractivity contribution in [2.24, 2.45) is 5.92 Å². The quantitative estimate of drug-likeness (QED) is 0.747. The van der Waals surface area contributed by atoms with Gasteiger partial charge in [0.1, 0.15) is 5.82 Å². The molecule has 7 heteroatoms. The lowest BCUT2D eigenvalue weighted by Crippen LogP contribution is -2.32. The molecule has 1 saturated heterocycles. The Hall–Kier alpha value is -2.00. The molecule has 1 aromatic carbocycles. The van der Waals surface area contributed by atoms with Crippen LogP contribution < -0.4 is 10.6 Å². The van der Waals surface area contributed by atoms with Crippen molar-refractivity contribution in [3.63, 3.8) is 0 Å². The highest BCUT2D eigenvalue weighted by Crippen LogP contribution is 2.43. The number of fused-ring (bicyclic) bond motifs is 1. The van der Waals surface area contributed by atoms with E-state index in [4.69, 9.17) is 0 Å². The molecule has 0 bridgehead atoms. The van der Waals surface area contributed by atoms with E-state index in [0.717, 1.165) is 54.1 Å². The van der Waals surface area contributed by atoms with E-state index in [0.29, 0.717) is 5.92 Å².